The molecule has 1 unspecified atom stereocenters. The number of rotatable bonds is 3. The minimum Gasteiger partial charge on any atom is -0.369 e. The number of para-hydroxylation sites is 1. The average molecular weight is 288 g/mol. The first-order valence-electron chi connectivity index (χ1n) is 5.61. The van der Waals surface area contributed by atoms with E-state index >= 15 is 0 Å². The standard InChI is InChI=1S/C12H14ClNO3S/c1-14(10-5-6-18(16,17)8-10)12-9(7-15)3-2-4-11(12)13/h2-4,7,10H,5-6,8H2,1H3. The van der Waals surface area contributed by atoms with Crippen molar-refractivity contribution in [3.05, 3.63) is 28.8 Å². The molecule has 1 aliphatic heterocycles. The second-order valence-electron chi connectivity index (χ2n) is 4.46. The summed E-state index contributed by atoms with van der Waals surface area (Å²) in [7, 11) is -1.18. The summed E-state index contributed by atoms with van der Waals surface area (Å²) in [6.45, 7) is 0. The largest absolute Gasteiger partial charge is 0.369 e. The smallest absolute Gasteiger partial charge is 0.152 e. The normalized spacial score (nSPS) is 21.8. The number of carbonyl (C=O) groups excluding carboxylic acids is 1. The molecule has 0 amide bonds. The summed E-state index contributed by atoms with van der Waals surface area (Å²) in [5.74, 6) is 0.315. The summed E-state index contributed by atoms with van der Waals surface area (Å²) < 4.78 is 23.0. The van der Waals surface area contributed by atoms with Gasteiger partial charge in [0.15, 0.2) is 16.1 Å². The Bertz CT molecular complexity index is 571. The number of sulfone groups is 1. The Hall–Kier alpha value is -1.07. The van der Waals surface area contributed by atoms with Gasteiger partial charge in [0.05, 0.1) is 22.2 Å². The van der Waals surface area contributed by atoms with E-state index in [2.05, 4.69) is 0 Å². The molecule has 0 aromatic heterocycles. The van der Waals surface area contributed by atoms with E-state index in [1.807, 2.05) is 0 Å². The van der Waals surface area contributed by atoms with Crippen LogP contribution in [0.5, 0.6) is 0 Å². The van der Waals surface area contributed by atoms with Crippen LogP contribution in [0.15, 0.2) is 18.2 Å². The first-order chi connectivity index (χ1) is 8.44. The van der Waals surface area contributed by atoms with Gasteiger partial charge in [0.1, 0.15) is 0 Å². The molecule has 1 aromatic carbocycles. The third kappa shape index (κ3) is 2.52. The minimum absolute atomic E-state index is 0.117. The molecule has 98 valence electrons. The third-order valence-corrected chi connectivity index (χ3v) is 5.31. The average Bonchev–Trinajstić information content (AvgIpc) is 2.68. The molecule has 4 nitrogen and oxygen atoms in total. The Balaban J connectivity index is 2.35. The molecule has 0 bridgehead atoms. The van der Waals surface area contributed by atoms with Crippen LogP contribution in [0, 0.1) is 0 Å². The van der Waals surface area contributed by atoms with E-state index in [0.717, 1.165) is 6.29 Å². The van der Waals surface area contributed by atoms with Gasteiger partial charge in [-0.05, 0) is 18.6 Å². The lowest BCUT2D eigenvalue weighted by atomic mass is 10.1. The summed E-state index contributed by atoms with van der Waals surface area (Å²) in [5.41, 5.74) is 1.09. The van der Waals surface area contributed by atoms with Crippen molar-refractivity contribution in [3.8, 4) is 0 Å². The summed E-state index contributed by atoms with van der Waals surface area (Å²) in [5, 5.41) is 0.464. The molecule has 1 atom stereocenters. The summed E-state index contributed by atoms with van der Waals surface area (Å²) in [6, 6.07) is 4.96. The first kappa shape index (κ1) is 13.4. The zero-order chi connectivity index (χ0) is 13.3. The first-order valence-corrected chi connectivity index (χ1v) is 7.81. The van der Waals surface area contributed by atoms with Crippen molar-refractivity contribution in [2.75, 3.05) is 23.5 Å². The molecule has 0 N–H and O–H groups in total. The Morgan fingerprint density at radius 1 is 1.44 bits per heavy atom. The van der Waals surface area contributed by atoms with Gasteiger partial charge < -0.3 is 4.90 Å². The number of nitrogens with zero attached hydrogens (tertiary/aromatic N) is 1. The van der Waals surface area contributed by atoms with E-state index in [-0.39, 0.29) is 17.5 Å². The summed E-state index contributed by atoms with van der Waals surface area (Å²) in [6.07, 6.45) is 1.31. The molecule has 18 heavy (non-hydrogen) atoms. The quantitative estimate of drug-likeness (QED) is 0.795. The highest BCUT2D eigenvalue weighted by molar-refractivity contribution is 7.91. The Morgan fingerprint density at radius 2 is 2.17 bits per heavy atom. The monoisotopic (exact) mass is 287 g/mol. The van der Waals surface area contributed by atoms with Crippen LogP contribution in [0.25, 0.3) is 0 Å². The van der Waals surface area contributed by atoms with Crippen LogP contribution in [-0.2, 0) is 9.84 Å². The molecule has 0 spiro atoms. The van der Waals surface area contributed by atoms with E-state index < -0.39 is 9.84 Å². The maximum absolute atomic E-state index is 11.5. The van der Waals surface area contributed by atoms with Gasteiger partial charge in [-0.3, -0.25) is 4.79 Å². The van der Waals surface area contributed by atoms with Gasteiger partial charge in [0.2, 0.25) is 0 Å². The molecule has 1 saturated heterocycles. The molecule has 0 aliphatic carbocycles. The lowest BCUT2D eigenvalue weighted by Gasteiger charge is -2.27. The second-order valence-corrected chi connectivity index (χ2v) is 7.10. The van der Waals surface area contributed by atoms with Crippen LogP contribution in [0.2, 0.25) is 5.02 Å². The van der Waals surface area contributed by atoms with Crippen molar-refractivity contribution in [1.82, 2.24) is 0 Å². The van der Waals surface area contributed by atoms with Gasteiger partial charge in [-0.2, -0.15) is 0 Å². The number of hydrogen-bond acceptors (Lipinski definition) is 4. The maximum atomic E-state index is 11.5. The van der Waals surface area contributed by atoms with E-state index in [0.29, 0.717) is 22.7 Å². The van der Waals surface area contributed by atoms with Crippen LogP contribution >= 0.6 is 11.6 Å². The molecule has 1 heterocycles. The van der Waals surface area contributed by atoms with Gasteiger partial charge in [-0.15, -0.1) is 0 Å². The third-order valence-electron chi connectivity index (χ3n) is 3.25. The van der Waals surface area contributed by atoms with E-state index in [1.165, 1.54) is 0 Å². The molecular weight excluding hydrogens is 274 g/mol. The van der Waals surface area contributed by atoms with Gasteiger partial charge in [0, 0.05) is 18.7 Å². The van der Waals surface area contributed by atoms with Crippen LogP contribution in [-0.4, -0.2) is 39.3 Å². The zero-order valence-corrected chi connectivity index (χ0v) is 11.5. The minimum atomic E-state index is -2.95. The highest BCUT2D eigenvalue weighted by Gasteiger charge is 2.32. The number of carbonyl (C=O) groups is 1. The van der Waals surface area contributed by atoms with Crippen molar-refractivity contribution in [1.29, 1.82) is 0 Å². The number of benzene rings is 1. The Kier molecular flexibility index (Phi) is 3.64. The maximum Gasteiger partial charge on any atom is 0.152 e. The van der Waals surface area contributed by atoms with Crippen molar-refractivity contribution in [3.63, 3.8) is 0 Å². The van der Waals surface area contributed by atoms with Crippen molar-refractivity contribution in [2.24, 2.45) is 0 Å². The van der Waals surface area contributed by atoms with E-state index in [1.54, 1.807) is 30.1 Å². The fraction of sp³-hybridized carbons (Fsp3) is 0.417. The van der Waals surface area contributed by atoms with Crippen LogP contribution < -0.4 is 4.90 Å². The highest BCUT2D eigenvalue weighted by Crippen LogP contribution is 2.31. The summed E-state index contributed by atoms with van der Waals surface area (Å²) >= 11 is 6.10. The fourth-order valence-electron chi connectivity index (χ4n) is 2.26. The van der Waals surface area contributed by atoms with Crippen LogP contribution in [0.3, 0.4) is 0 Å². The topological polar surface area (TPSA) is 54.5 Å². The number of halogens is 1. The fourth-order valence-corrected chi connectivity index (χ4v) is 4.35. The molecule has 0 saturated carbocycles. The van der Waals surface area contributed by atoms with E-state index in [9.17, 15) is 13.2 Å². The van der Waals surface area contributed by atoms with Crippen LogP contribution in [0.1, 0.15) is 16.8 Å². The van der Waals surface area contributed by atoms with Gasteiger partial charge >= 0.3 is 0 Å². The number of anilines is 1. The highest BCUT2D eigenvalue weighted by atomic mass is 35.5. The summed E-state index contributed by atoms with van der Waals surface area (Å²) in [4.78, 5) is 12.8. The lowest BCUT2D eigenvalue weighted by molar-refractivity contribution is 0.112. The molecular formula is C12H14ClNO3S. The number of aldehydes is 1. The molecule has 1 aromatic rings. The van der Waals surface area contributed by atoms with Crippen LogP contribution in [0.4, 0.5) is 5.69 Å². The second kappa shape index (κ2) is 4.90. The SMILES string of the molecule is CN(c1c(Cl)cccc1C=O)C1CCS(=O)(=O)C1. The predicted octanol–water partition coefficient (Wildman–Crippen LogP) is 1.78. The Labute approximate surface area is 111 Å². The molecule has 1 aliphatic rings. The van der Waals surface area contributed by atoms with Crippen molar-refractivity contribution >= 4 is 33.4 Å². The van der Waals surface area contributed by atoms with Crippen molar-refractivity contribution in [2.45, 2.75) is 12.5 Å². The van der Waals surface area contributed by atoms with Gasteiger partial charge in [-0.1, -0.05) is 17.7 Å². The molecule has 1 fully saturated rings. The van der Waals surface area contributed by atoms with Gasteiger partial charge in [-0.25, -0.2) is 8.42 Å². The molecule has 6 heteroatoms. The van der Waals surface area contributed by atoms with E-state index in [4.69, 9.17) is 11.6 Å². The predicted molar refractivity (Wildman–Crippen MR) is 72.3 cm³/mol. The van der Waals surface area contributed by atoms with Gasteiger partial charge in [0.25, 0.3) is 0 Å². The molecule has 0 radical (unpaired) electrons. The Morgan fingerprint density at radius 3 is 2.72 bits per heavy atom. The van der Waals surface area contributed by atoms with Crippen molar-refractivity contribution < 1.29 is 13.2 Å². The molecule has 2 rings (SSSR count). The number of hydrogen-bond donors (Lipinski definition) is 0. The lowest BCUT2D eigenvalue weighted by Crippen LogP contribution is -2.33. The zero-order valence-electron chi connectivity index (χ0n) is 9.97.